The Hall–Kier alpha value is -2.34. The van der Waals surface area contributed by atoms with Crippen molar-refractivity contribution in [1.82, 2.24) is 9.78 Å². The normalized spacial score (nSPS) is 10.2. The Bertz CT molecular complexity index is 654. The molecule has 1 heterocycles. The summed E-state index contributed by atoms with van der Waals surface area (Å²) in [5, 5.41) is 4.58. The maximum absolute atomic E-state index is 11.7. The van der Waals surface area contributed by atoms with E-state index in [4.69, 9.17) is 16.3 Å². The first-order valence-corrected chi connectivity index (χ1v) is 6.63. The van der Waals surface area contributed by atoms with Crippen molar-refractivity contribution in [3.63, 3.8) is 0 Å². The van der Waals surface area contributed by atoms with Crippen LogP contribution in [0.3, 0.4) is 0 Å². The van der Waals surface area contributed by atoms with E-state index in [1.54, 1.807) is 31.3 Å². The van der Waals surface area contributed by atoms with Gasteiger partial charge in [0.25, 0.3) is 0 Å². The molecule has 0 atom stereocenters. The van der Waals surface area contributed by atoms with Crippen LogP contribution in [-0.4, -0.2) is 34.9 Å². The molecule has 1 aromatic heterocycles. The second-order valence-corrected chi connectivity index (χ2v) is 4.39. The van der Waals surface area contributed by atoms with Crippen molar-refractivity contribution in [3.8, 4) is 5.69 Å². The third-order valence-corrected chi connectivity index (χ3v) is 2.84. The lowest BCUT2D eigenvalue weighted by Crippen LogP contribution is -2.17. The van der Waals surface area contributed by atoms with Gasteiger partial charge < -0.3 is 9.47 Å². The lowest BCUT2D eigenvalue weighted by molar-refractivity contribution is -0.146. The highest BCUT2D eigenvalue weighted by atomic mass is 35.5. The molecule has 0 fully saturated rings. The van der Waals surface area contributed by atoms with Crippen molar-refractivity contribution < 1.29 is 19.1 Å². The predicted octanol–water partition coefficient (Wildman–Crippen LogP) is 2.25. The van der Waals surface area contributed by atoms with Crippen LogP contribution >= 0.6 is 11.6 Å². The van der Waals surface area contributed by atoms with Crippen molar-refractivity contribution in [2.24, 2.45) is 0 Å². The summed E-state index contributed by atoms with van der Waals surface area (Å²) in [4.78, 5) is 22.9. The minimum Gasteiger partial charge on any atom is -0.463 e. The van der Waals surface area contributed by atoms with E-state index in [0.717, 1.165) is 0 Å². The van der Waals surface area contributed by atoms with Gasteiger partial charge in [0.15, 0.2) is 12.3 Å². The minimum atomic E-state index is -0.700. The van der Waals surface area contributed by atoms with Gasteiger partial charge in [-0.1, -0.05) is 23.7 Å². The Morgan fingerprint density at radius 2 is 2.00 bits per heavy atom. The Morgan fingerprint density at radius 1 is 1.24 bits per heavy atom. The van der Waals surface area contributed by atoms with Gasteiger partial charge in [0.1, 0.15) is 0 Å². The summed E-state index contributed by atoms with van der Waals surface area (Å²) in [7, 11) is 0. The molecule has 0 unspecified atom stereocenters. The van der Waals surface area contributed by atoms with Gasteiger partial charge in [0, 0.05) is 6.20 Å². The number of esters is 2. The third kappa shape index (κ3) is 3.82. The van der Waals surface area contributed by atoms with Crippen molar-refractivity contribution in [1.29, 1.82) is 0 Å². The van der Waals surface area contributed by atoms with Crippen LogP contribution in [0.25, 0.3) is 5.69 Å². The molecular weight excluding hydrogens is 296 g/mol. The molecule has 0 radical (unpaired) electrons. The lowest BCUT2D eigenvalue weighted by atomic mass is 10.3. The molecule has 0 amide bonds. The van der Waals surface area contributed by atoms with Crippen LogP contribution in [0.15, 0.2) is 36.5 Å². The van der Waals surface area contributed by atoms with E-state index in [0.29, 0.717) is 10.7 Å². The summed E-state index contributed by atoms with van der Waals surface area (Å²) in [5.41, 5.74) is 0.725. The molecule has 7 heteroatoms. The summed E-state index contributed by atoms with van der Waals surface area (Å²) in [5.74, 6) is -1.30. The molecule has 0 aliphatic rings. The Labute approximate surface area is 126 Å². The number of carbonyl (C=O) groups is 2. The van der Waals surface area contributed by atoms with Crippen molar-refractivity contribution in [2.75, 3.05) is 13.2 Å². The van der Waals surface area contributed by atoms with E-state index in [-0.39, 0.29) is 12.3 Å². The van der Waals surface area contributed by atoms with Gasteiger partial charge >= 0.3 is 11.9 Å². The number of hydrogen-bond donors (Lipinski definition) is 0. The average molecular weight is 309 g/mol. The molecule has 0 saturated carbocycles. The zero-order chi connectivity index (χ0) is 15.2. The van der Waals surface area contributed by atoms with Gasteiger partial charge in [-0.2, -0.15) is 5.10 Å². The average Bonchev–Trinajstić information content (AvgIpc) is 2.95. The zero-order valence-electron chi connectivity index (χ0n) is 11.3. The SMILES string of the molecule is CCOC(=O)COC(=O)c1ccn(-c2ccccc2Cl)n1. The smallest absolute Gasteiger partial charge is 0.359 e. The molecule has 0 bridgehead atoms. The number of hydrogen-bond acceptors (Lipinski definition) is 5. The molecule has 21 heavy (non-hydrogen) atoms. The molecule has 0 aliphatic carbocycles. The summed E-state index contributed by atoms with van der Waals surface area (Å²) in [6.07, 6.45) is 1.59. The first-order valence-electron chi connectivity index (χ1n) is 6.25. The molecule has 0 spiro atoms. The van der Waals surface area contributed by atoms with Crippen molar-refractivity contribution in [3.05, 3.63) is 47.2 Å². The molecule has 2 rings (SSSR count). The third-order valence-electron chi connectivity index (χ3n) is 2.52. The molecule has 0 saturated heterocycles. The van der Waals surface area contributed by atoms with Crippen LogP contribution in [0.2, 0.25) is 5.02 Å². The van der Waals surface area contributed by atoms with E-state index in [9.17, 15) is 9.59 Å². The maximum atomic E-state index is 11.7. The van der Waals surface area contributed by atoms with Gasteiger partial charge in [-0.15, -0.1) is 0 Å². The van der Waals surface area contributed by atoms with Crippen LogP contribution < -0.4 is 0 Å². The van der Waals surface area contributed by atoms with Crippen LogP contribution in [0, 0.1) is 0 Å². The largest absolute Gasteiger partial charge is 0.463 e. The summed E-state index contributed by atoms with van der Waals surface area (Å²) in [6.45, 7) is 1.47. The number of nitrogens with zero attached hydrogens (tertiary/aromatic N) is 2. The summed E-state index contributed by atoms with van der Waals surface area (Å²) >= 11 is 6.05. The van der Waals surface area contributed by atoms with Crippen molar-refractivity contribution in [2.45, 2.75) is 6.92 Å². The number of benzene rings is 1. The van der Waals surface area contributed by atoms with Gasteiger partial charge in [0.05, 0.1) is 17.3 Å². The number of carbonyl (C=O) groups excluding carboxylic acids is 2. The van der Waals surface area contributed by atoms with Crippen LogP contribution in [0.4, 0.5) is 0 Å². The first-order chi connectivity index (χ1) is 10.1. The van der Waals surface area contributed by atoms with E-state index in [1.165, 1.54) is 10.7 Å². The lowest BCUT2D eigenvalue weighted by Gasteiger charge is -2.04. The number of ether oxygens (including phenoxy) is 2. The first kappa shape index (κ1) is 15.1. The fourth-order valence-electron chi connectivity index (χ4n) is 1.61. The van der Waals surface area contributed by atoms with Gasteiger partial charge in [-0.3, -0.25) is 0 Å². The quantitative estimate of drug-likeness (QED) is 0.792. The highest BCUT2D eigenvalue weighted by molar-refractivity contribution is 6.32. The molecule has 1 aromatic carbocycles. The number of aromatic nitrogens is 2. The number of rotatable bonds is 5. The fourth-order valence-corrected chi connectivity index (χ4v) is 1.83. The second-order valence-electron chi connectivity index (χ2n) is 3.98. The summed E-state index contributed by atoms with van der Waals surface area (Å²) in [6, 6.07) is 8.57. The van der Waals surface area contributed by atoms with Crippen LogP contribution in [-0.2, 0) is 14.3 Å². The molecule has 2 aromatic rings. The van der Waals surface area contributed by atoms with Crippen molar-refractivity contribution >= 4 is 23.5 Å². The van der Waals surface area contributed by atoms with Gasteiger partial charge in [0.2, 0.25) is 0 Å². The molecule has 0 aliphatic heterocycles. The highest BCUT2D eigenvalue weighted by Crippen LogP contribution is 2.19. The van der Waals surface area contributed by atoms with E-state index in [1.807, 2.05) is 6.07 Å². The highest BCUT2D eigenvalue weighted by Gasteiger charge is 2.14. The van der Waals surface area contributed by atoms with E-state index < -0.39 is 18.5 Å². The van der Waals surface area contributed by atoms with Crippen LogP contribution in [0.1, 0.15) is 17.4 Å². The predicted molar refractivity (Wildman–Crippen MR) is 75.5 cm³/mol. The second kappa shape index (κ2) is 6.90. The molecule has 110 valence electrons. The van der Waals surface area contributed by atoms with E-state index in [2.05, 4.69) is 9.84 Å². The minimum absolute atomic E-state index is 0.0826. The number of halogens is 1. The van der Waals surface area contributed by atoms with Gasteiger partial charge in [-0.05, 0) is 25.1 Å². The maximum Gasteiger partial charge on any atom is 0.359 e. The summed E-state index contributed by atoms with van der Waals surface area (Å²) < 4.78 is 10.9. The van der Waals surface area contributed by atoms with Gasteiger partial charge in [-0.25, -0.2) is 14.3 Å². The standard InChI is InChI=1S/C14H13ClN2O4/c1-2-20-13(18)9-21-14(19)11-7-8-17(16-11)12-6-4-3-5-10(12)15/h3-8H,2,9H2,1H3. The molecule has 0 N–H and O–H groups in total. The topological polar surface area (TPSA) is 70.4 Å². The monoisotopic (exact) mass is 308 g/mol. The zero-order valence-corrected chi connectivity index (χ0v) is 12.0. The fraction of sp³-hybridized carbons (Fsp3) is 0.214. The Balaban J connectivity index is 2.05. The molecular formula is C14H13ClN2O4. The number of para-hydroxylation sites is 1. The Kier molecular flexibility index (Phi) is 4.94. The van der Waals surface area contributed by atoms with Crippen LogP contribution in [0.5, 0.6) is 0 Å². The van der Waals surface area contributed by atoms with E-state index >= 15 is 0 Å². The Morgan fingerprint density at radius 3 is 2.71 bits per heavy atom. The molecule has 6 nitrogen and oxygen atoms in total.